The summed E-state index contributed by atoms with van der Waals surface area (Å²) in [5.74, 6) is 0.298. The molecule has 4 nitrogen and oxygen atoms in total. The average molecular weight is 277 g/mol. The fraction of sp³-hybridized carbons (Fsp3) is 0.750. The Bertz CT molecular complexity index is 442. The molecule has 0 saturated carbocycles. The number of Topliss-reactive ketones (excluding diaryl/α,β-unsaturated/α-hetero) is 1. The number of rotatable bonds is 7. The Labute approximate surface area is 121 Å². The first kappa shape index (κ1) is 15.2. The fourth-order valence-electron chi connectivity index (χ4n) is 3.21. The zero-order valence-electron chi connectivity index (χ0n) is 13.0. The molecule has 1 aromatic rings. The predicted octanol–water partition coefficient (Wildman–Crippen LogP) is 2.89. The van der Waals surface area contributed by atoms with Gasteiger partial charge in [0, 0.05) is 6.20 Å². The Hall–Kier alpha value is -1.16. The van der Waals surface area contributed by atoms with Crippen molar-refractivity contribution in [1.29, 1.82) is 0 Å². The lowest BCUT2D eigenvalue weighted by molar-refractivity contribution is -0.124. The van der Waals surface area contributed by atoms with Gasteiger partial charge in [0.15, 0.2) is 5.78 Å². The average Bonchev–Trinajstić information content (AvgIpc) is 3.10. The Morgan fingerprint density at radius 3 is 2.75 bits per heavy atom. The molecule has 1 aromatic heterocycles. The molecule has 1 atom stereocenters. The lowest BCUT2D eigenvalue weighted by atomic mass is 9.87. The summed E-state index contributed by atoms with van der Waals surface area (Å²) >= 11 is 0. The number of carbonyl (C=O) groups is 1. The summed E-state index contributed by atoms with van der Waals surface area (Å²) in [5.41, 5.74) is 0.613. The van der Waals surface area contributed by atoms with Crippen LogP contribution in [0.5, 0.6) is 0 Å². The van der Waals surface area contributed by atoms with Gasteiger partial charge < -0.3 is 5.32 Å². The van der Waals surface area contributed by atoms with E-state index in [0.717, 1.165) is 44.3 Å². The number of nitrogens with one attached hydrogen (secondary N) is 1. The molecule has 2 rings (SSSR count). The molecule has 1 N–H and O–H groups in total. The Morgan fingerprint density at radius 1 is 1.45 bits per heavy atom. The van der Waals surface area contributed by atoms with E-state index in [4.69, 9.17) is 0 Å². The minimum absolute atomic E-state index is 0.293. The van der Waals surface area contributed by atoms with Crippen LogP contribution in [-0.4, -0.2) is 27.6 Å². The van der Waals surface area contributed by atoms with E-state index in [1.807, 2.05) is 16.9 Å². The van der Waals surface area contributed by atoms with Crippen molar-refractivity contribution in [2.75, 3.05) is 6.54 Å². The van der Waals surface area contributed by atoms with Gasteiger partial charge in [0.1, 0.15) is 0 Å². The second-order valence-corrected chi connectivity index (χ2v) is 5.82. The van der Waals surface area contributed by atoms with Crippen molar-refractivity contribution in [3.05, 3.63) is 18.0 Å². The lowest BCUT2D eigenvalue weighted by Crippen LogP contribution is -2.47. The van der Waals surface area contributed by atoms with Gasteiger partial charge in [0.25, 0.3) is 0 Å². The number of hydrogen-bond donors (Lipinski definition) is 1. The molecule has 1 fully saturated rings. The third-order valence-corrected chi connectivity index (χ3v) is 4.70. The summed E-state index contributed by atoms with van der Waals surface area (Å²) in [4.78, 5) is 12.6. The van der Waals surface area contributed by atoms with E-state index in [2.05, 4.69) is 31.2 Å². The summed E-state index contributed by atoms with van der Waals surface area (Å²) in [6.45, 7) is 7.41. The molecule has 0 aliphatic carbocycles. The van der Waals surface area contributed by atoms with Crippen molar-refractivity contribution < 1.29 is 4.79 Å². The molecule has 0 spiro atoms. The van der Waals surface area contributed by atoms with Crippen molar-refractivity contribution in [3.8, 4) is 0 Å². The first-order valence-electron chi connectivity index (χ1n) is 7.97. The van der Waals surface area contributed by atoms with Gasteiger partial charge in [-0.15, -0.1) is 0 Å². The van der Waals surface area contributed by atoms with Crippen LogP contribution in [0.25, 0.3) is 0 Å². The van der Waals surface area contributed by atoms with Crippen LogP contribution in [0.2, 0.25) is 0 Å². The molecule has 0 amide bonds. The molecule has 4 heteroatoms. The number of nitrogens with zero attached hydrogens (tertiary/aromatic N) is 2. The third kappa shape index (κ3) is 2.95. The van der Waals surface area contributed by atoms with E-state index in [1.165, 1.54) is 0 Å². The van der Waals surface area contributed by atoms with Gasteiger partial charge in [-0.1, -0.05) is 20.8 Å². The minimum atomic E-state index is -0.293. The van der Waals surface area contributed by atoms with Crippen LogP contribution in [0.15, 0.2) is 12.3 Å². The van der Waals surface area contributed by atoms with Gasteiger partial charge in [-0.3, -0.25) is 9.48 Å². The predicted molar refractivity (Wildman–Crippen MR) is 80.8 cm³/mol. The van der Waals surface area contributed by atoms with Crippen LogP contribution in [0, 0.1) is 0 Å². The van der Waals surface area contributed by atoms with Crippen LogP contribution < -0.4 is 5.32 Å². The molecule has 1 aliphatic rings. The highest BCUT2D eigenvalue weighted by atomic mass is 16.1. The van der Waals surface area contributed by atoms with Gasteiger partial charge in [-0.2, -0.15) is 5.10 Å². The maximum absolute atomic E-state index is 12.6. The van der Waals surface area contributed by atoms with Crippen molar-refractivity contribution in [2.45, 2.75) is 70.9 Å². The van der Waals surface area contributed by atoms with Crippen molar-refractivity contribution in [3.63, 3.8) is 0 Å². The third-order valence-electron chi connectivity index (χ3n) is 4.70. The highest BCUT2D eigenvalue weighted by molar-refractivity contribution is 5.90. The minimum Gasteiger partial charge on any atom is -0.305 e. The Kier molecular flexibility index (Phi) is 4.97. The number of carbonyl (C=O) groups excluding carboxylic acids is 1. The highest BCUT2D eigenvalue weighted by Gasteiger charge is 2.38. The standard InChI is InChI=1S/C16H27N3O/c1-4-14(5-2)19-11-8-13(18-19)12-15(20)16(6-3)9-7-10-17-16/h8,11,14,17H,4-7,9-10,12H2,1-3H3. The fourth-order valence-corrected chi connectivity index (χ4v) is 3.21. The SMILES string of the molecule is CCC(CC)n1ccc(CC(=O)C2(CC)CCCN2)n1. The molecule has 0 bridgehead atoms. The van der Waals surface area contributed by atoms with Crippen molar-refractivity contribution in [2.24, 2.45) is 0 Å². The van der Waals surface area contributed by atoms with Crippen LogP contribution in [0.3, 0.4) is 0 Å². The molecule has 1 saturated heterocycles. The number of hydrogen-bond acceptors (Lipinski definition) is 3. The summed E-state index contributed by atoms with van der Waals surface area (Å²) in [5, 5.41) is 8.00. The van der Waals surface area contributed by atoms with E-state index in [-0.39, 0.29) is 5.54 Å². The van der Waals surface area contributed by atoms with Crippen LogP contribution in [0.1, 0.15) is 64.6 Å². The Balaban J connectivity index is 2.05. The Morgan fingerprint density at radius 2 is 2.20 bits per heavy atom. The van der Waals surface area contributed by atoms with E-state index >= 15 is 0 Å². The maximum atomic E-state index is 12.6. The molecule has 2 heterocycles. The molecule has 0 aromatic carbocycles. The lowest BCUT2D eigenvalue weighted by Gasteiger charge is -2.26. The van der Waals surface area contributed by atoms with Crippen molar-refractivity contribution in [1.82, 2.24) is 15.1 Å². The smallest absolute Gasteiger partial charge is 0.158 e. The molecule has 1 aliphatic heterocycles. The quantitative estimate of drug-likeness (QED) is 0.833. The topological polar surface area (TPSA) is 46.9 Å². The summed E-state index contributed by atoms with van der Waals surface area (Å²) in [7, 11) is 0. The zero-order chi connectivity index (χ0) is 14.6. The summed E-state index contributed by atoms with van der Waals surface area (Å²) < 4.78 is 2.02. The molecular formula is C16H27N3O. The van der Waals surface area contributed by atoms with E-state index in [9.17, 15) is 4.79 Å². The number of aromatic nitrogens is 2. The van der Waals surface area contributed by atoms with Gasteiger partial charge in [-0.25, -0.2) is 0 Å². The van der Waals surface area contributed by atoms with Gasteiger partial charge in [0.2, 0.25) is 0 Å². The first-order chi connectivity index (χ1) is 9.65. The molecule has 20 heavy (non-hydrogen) atoms. The van der Waals surface area contributed by atoms with Gasteiger partial charge in [-0.05, 0) is 44.7 Å². The van der Waals surface area contributed by atoms with Gasteiger partial charge >= 0.3 is 0 Å². The van der Waals surface area contributed by atoms with Crippen LogP contribution in [0.4, 0.5) is 0 Å². The second kappa shape index (κ2) is 6.53. The van der Waals surface area contributed by atoms with Gasteiger partial charge in [0.05, 0.1) is 23.7 Å². The second-order valence-electron chi connectivity index (χ2n) is 5.82. The molecular weight excluding hydrogens is 250 g/mol. The molecule has 0 radical (unpaired) electrons. The number of ketones is 1. The largest absolute Gasteiger partial charge is 0.305 e. The first-order valence-corrected chi connectivity index (χ1v) is 7.97. The van der Waals surface area contributed by atoms with E-state index < -0.39 is 0 Å². The highest BCUT2D eigenvalue weighted by Crippen LogP contribution is 2.25. The zero-order valence-corrected chi connectivity index (χ0v) is 13.0. The molecule has 112 valence electrons. The monoisotopic (exact) mass is 277 g/mol. The van der Waals surface area contributed by atoms with Crippen LogP contribution >= 0.6 is 0 Å². The van der Waals surface area contributed by atoms with Crippen LogP contribution in [-0.2, 0) is 11.2 Å². The normalized spacial score (nSPS) is 22.6. The van der Waals surface area contributed by atoms with E-state index in [0.29, 0.717) is 18.2 Å². The summed E-state index contributed by atoms with van der Waals surface area (Å²) in [6.07, 6.45) is 7.56. The van der Waals surface area contributed by atoms with Crippen molar-refractivity contribution >= 4 is 5.78 Å². The maximum Gasteiger partial charge on any atom is 0.158 e. The summed E-state index contributed by atoms with van der Waals surface area (Å²) in [6, 6.07) is 2.44. The van der Waals surface area contributed by atoms with E-state index in [1.54, 1.807) is 0 Å². The molecule has 1 unspecified atom stereocenters.